The first-order chi connectivity index (χ1) is 16.3. The number of H-pyrrole nitrogens is 1. The fourth-order valence-corrected chi connectivity index (χ4v) is 4.25. The van der Waals surface area contributed by atoms with E-state index in [-0.39, 0.29) is 12.1 Å². The Labute approximate surface area is 198 Å². The van der Waals surface area contributed by atoms with E-state index in [0.29, 0.717) is 13.1 Å². The molecule has 0 spiro atoms. The summed E-state index contributed by atoms with van der Waals surface area (Å²) in [4.78, 5) is 23.6. The van der Waals surface area contributed by atoms with Gasteiger partial charge >= 0.3 is 6.09 Å². The van der Waals surface area contributed by atoms with E-state index in [1.165, 1.54) is 0 Å². The number of carbonyl (C=O) groups excluding carboxylic acids is 1. The highest BCUT2D eigenvalue weighted by Crippen LogP contribution is 2.28. The summed E-state index contributed by atoms with van der Waals surface area (Å²) in [5, 5.41) is 10.4. The SMILES string of the molecule is Cc1cc2ncc(-c3cccc(NC4CCN(C(=O)OC(C)(C)C)C4)n3)n2cc1-c1cn[nH]c1. The Morgan fingerprint density at radius 3 is 2.88 bits per heavy atom. The van der Waals surface area contributed by atoms with Crippen molar-refractivity contribution in [2.75, 3.05) is 18.4 Å². The largest absolute Gasteiger partial charge is 0.444 e. The van der Waals surface area contributed by atoms with E-state index in [4.69, 9.17) is 9.72 Å². The molecule has 1 unspecified atom stereocenters. The number of amides is 1. The van der Waals surface area contributed by atoms with Crippen LogP contribution in [-0.2, 0) is 4.74 Å². The Hall–Kier alpha value is -3.88. The number of likely N-dealkylation sites (tertiary alicyclic amines) is 1. The van der Waals surface area contributed by atoms with Crippen LogP contribution >= 0.6 is 0 Å². The molecule has 4 aromatic heterocycles. The maximum atomic E-state index is 12.4. The quantitative estimate of drug-likeness (QED) is 0.466. The summed E-state index contributed by atoms with van der Waals surface area (Å²) in [6, 6.07) is 8.10. The zero-order valence-corrected chi connectivity index (χ0v) is 19.9. The minimum Gasteiger partial charge on any atom is -0.444 e. The standard InChI is InChI=1S/C25H29N7O2/c1-16-10-23-26-13-21(32(23)15-19(16)17-11-27-28-12-17)20-6-5-7-22(30-20)29-18-8-9-31(14-18)24(33)34-25(2,3)4/h5-7,10-13,15,18H,8-9,14H2,1-4H3,(H,27,28)(H,29,30). The minimum absolute atomic E-state index is 0.118. The molecule has 4 aromatic rings. The summed E-state index contributed by atoms with van der Waals surface area (Å²) in [7, 11) is 0. The van der Waals surface area contributed by atoms with Crippen LogP contribution in [0, 0.1) is 6.92 Å². The monoisotopic (exact) mass is 459 g/mol. The highest BCUT2D eigenvalue weighted by atomic mass is 16.6. The van der Waals surface area contributed by atoms with Crippen LogP contribution < -0.4 is 5.32 Å². The average molecular weight is 460 g/mol. The first-order valence-electron chi connectivity index (χ1n) is 11.5. The molecule has 0 bridgehead atoms. The molecule has 9 nitrogen and oxygen atoms in total. The second-order valence-electron chi connectivity index (χ2n) is 9.69. The molecule has 1 aliphatic rings. The number of pyridine rings is 2. The number of fused-ring (bicyclic) bond motifs is 1. The number of hydrogen-bond acceptors (Lipinski definition) is 6. The minimum atomic E-state index is -0.497. The molecule has 1 fully saturated rings. The van der Waals surface area contributed by atoms with Crippen LogP contribution in [0.4, 0.5) is 10.6 Å². The second-order valence-corrected chi connectivity index (χ2v) is 9.69. The Balaban J connectivity index is 1.36. The number of aryl methyl sites for hydroxylation is 1. The highest BCUT2D eigenvalue weighted by molar-refractivity contribution is 5.71. The van der Waals surface area contributed by atoms with E-state index in [2.05, 4.69) is 44.1 Å². The van der Waals surface area contributed by atoms with Gasteiger partial charge in [0.05, 0.1) is 23.8 Å². The molecule has 5 rings (SSSR count). The summed E-state index contributed by atoms with van der Waals surface area (Å²) >= 11 is 0. The predicted molar refractivity (Wildman–Crippen MR) is 131 cm³/mol. The van der Waals surface area contributed by atoms with Crippen LogP contribution in [0.1, 0.15) is 32.8 Å². The highest BCUT2D eigenvalue weighted by Gasteiger charge is 2.30. The third kappa shape index (κ3) is 4.46. The Bertz CT molecular complexity index is 1320. The van der Waals surface area contributed by atoms with Crippen molar-refractivity contribution in [1.82, 2.24) is 29.5 Å². The fourth-order valence-electron chi connectivity index (χ4n) is 4.25. The summed E-state index contributed by atoms with van der Waals surface area (Å²) in [5.41, 5.74) is 5.34. The van der Waals surface area contributed by atoms with Gasteiger partial charge in [-0.3, -0.25) is 9.50 Å². The van der Waals surface area contributed by atoms with E-state index in [1.807, 2.05) is 57.6 Å². The van der Waals surface area contributed by atoms with Crippen molar-refractivity contribution in [3.05, 3.63) is 54.6 Å². The Morgan fingerprint density at radius 1 is 1.26 bits per heavy atom. The molecule has 34 heavy (non-hydrogen) atoms. The van der Waals surface area contributed by atoms with Gasteiger partial charge in [0.15, 0.2) is 0 Å². The number of nitrogens with one attached hydrogen (secondary N) is 2. The molecule has 0 aromatic carbocycles. The van der Waals surface area contributed by atoms with Gasteiger partial charge in [-0.1, -0.05) is 6.07 Å². The van der Waals surface area contributed by atoms with Crippen molar-refractivity contribution in [2.24, 2.45) is 0 Å². The van der Waals surface area contributed by atoms with E-state index in [9.17, 15) is 4.79 Å². The molecule has 1 saturated heterocycles. The first-order valence-corrected chi connectivity index (χ1v) is 11.5. The van der Waals surface area contributed by atoms with Gasteiger partial charge in [0, 0.05) is 42.7 Å². The summed E-state index contributed by atoms with van der Waals surface area (Å²) in [6.07, 6.45) is 8.20. The van der Waals surface area contributed by atoms with Crippen molar-refractivity contribution >= 4 is 17.6 Å². The van der Waals surface area contributed by atoms with Crippen molar-refractivity contribution in [3.8, 4) is 22.5 Å². The number of anilines is 1. The molecule has 9 heteroatoms. The maximum Gasteiger partial charge on any atom is 0.410 e. The van der Waals surface area contributed by atoms with Crippen LogP contribution in [-0.4, -0.2) is 60.3 Å². The lowest BCUT2D eigenvalue weighted by atomic mass is 10.1. The van der Waals surface area contributed by atoms with Gasteiger partial charge in [0.25, 0.3) is 0 Å². The number of hydrogen-bond donors (Lipinski definition) is 2. The number of nitrogens with zero attached hydrogens (tertiary/aromatic N) is 5. The Morgan fingerprint density at radius 2 is 2.12 bits per heavy atom. The molecule has 2 N–H and O–H groups in total. The predicted octanol–water partition coefficient (Wildman–Crippen LogP) is 4.52. The molecular weight excluding hydrogens is 430 g/mol. The van der Waals surface area contributed by atoms with Crippen molar-refractivity contribution < 1.29 is 9.53 Å². The molecule has 176 valence electrons. The Kier molecular flexibility index (Phi) is 5.47. The van der Waals surface area contributed by atoms with Gasteiger partial charge in [0.2, 0.25) is 0 Å². The van der Waals surface area contributed by atoms with E-state index >= 15 is 0 Å². The van der Waals surface area contributed by atoms with Crippen LogP contribution in [0.15, 0.2) is 49.1 Å². The smallest absolute Gasteiger partial charge is 0.410 e. The molecule has 1 amide bonds. The second kappa shape index (κ2) is 8.48. The van der Waals surface area contributed by atoms with Crippen LogP contribution in [0.3, 0.4) is 0 Å². The third-order valence-corrected chi connectivity index (χ3v) is 5.87. The van der Waals surface area contributed by atoms with Crippen molar-refractivity contribution in [3.63, 3.8) is 0 Å². The van der Waals surface area contributed by atoms with E-state index < -0.39 is 5.60 Å². The van der Waals surface area contributed by atoms with Gasteiger partial charge in [0.1, 0.15) is 17.1 Å². The average Bonchev–Trinajstić information content (AvgIpc) is 3.53. The zero-order valence-electron chi connectivity index (χ0n) is 19.9. The molecule has 0 radical (unpaired) electrons. The molecule has 5 heterocycles. The molecule has 0 aliphatic carbocycles. The summed E-state index contributed by atoms with van der Waals surface area (Å²) in [6.45, 7) is 8.96. The number of carbonyl (C=O) groups is 1. The number of imidazole rings is 1. The van der Waals surface area contributed by atoms with Gasteiger partial charge in [-0.15, -0.1) is 0 Å². The molecular formula is C25H29N7O2. The van der Waals surface area contributed by atoms with Gasteiger partial charge < -0.3 is 15.0 Å². The van der Waals surface area contributed by atoms with E-state index in [1.54, 1.807) is 4.90 Å². The number of aromatic nitrogens is 5. The molecule has 1 aliphatic heterocycles. The molecule has 0 saturated carbocycles. The van der Waals surface area contributed by atoms with Gasteiger partial charge in [-0.2, -0.15) is 5.10 Å². The number of rotatable bonds is 4. The normalized spacial score (nSPS) is 16.2. The van der Waals surface area contributed by atoms with Crippen LogP contribution in [0.25, 0.3) is 28.2 Å². The number of aromatic amines is 1. The molecule has 1 atom stereocenters. The topological polar surface area (TPSA) is 100 Å². The summed E-state index contributed by atoms with van der Waals surface area (Å²) < 4.78 is 7.56. The lowest BCUT2D eigenvalue weighted by molar-refractivity contribution is 0.0293. The van der Waals surface area contributed by atoms with Crippen LogP contribution in [0.5, 0.6) is 0 Å². The van der Waals surface area contributed by atoms with Crippen LogP contribution in [0.2, 0.25) is 0 Å². The maximum absolute atomic E-state index is 12.4. The lowest BCUT2D eigenvalue weighted by Gasteiger charge is -2.24. The first kappa shape index (κ1) is 21.9. The zero-order chi connectivity index (χ0) is 23.9. The van der Waals surface area contributed by atoms with Gasteiger partial charge in [-0.25, -0.2) is 14.8 Å². The fraction of sp³-hybridized carbons (Fsp3) is 0.360. The lowest BCUT2D eigenvalue weighted by Crippen LogP contribution is -2.36. The van der Waals surface area contributed by atoms with E-state index in [0.717, 1.165) is 46.0 Å². The summed E-state index contributed by atoms with van der Waals surface area (Å²) in [5.74, 6) is 0.769. The third-order valence-electron chi connectivity index (χ3n) is 5.87. The van der Waals surface area contributed by atoms with Crippen molar-refractivity contribution in [2.45, 2.75) is 45.8 Å². The number of ether oxygens (including phenoxy) is 1. The van der Waals surface area contributed by atoms with Gasteiger partial charge in [-0.05, 0) is 57.9 Å². The van der Waals surface area contributed by atoms with Crippen molar-refractivity contribution in [1.29, 1.82) is 0 Å².